The monoisotopic (exact) mass is 556 g/mol. The Morgan fingerprint density at radius 2 is 1.44 bits per heavy atom. The number of amides is 3. The number of hydrogen-bond donors (Lipinski definition) is 3. The first-order valence-corrected chi connectivity index (χ1v) is 14.9. The number of carbonyl (C=O) groups excluding carboxylic acids is 3. The summed E-state index contributed by atoms with van der Waals surface area (Å²) in [5.41, 5.74) is 9.95. The van der Waals surface area contributed by atoms with Crippen LogP contribution in [-0.4, -0.2) is 33.4 Å². The van der Waals surface area contributed by atoms with Crippen LogP contribution in [0.5, 0.6) is 0 Å². The van der Waals surface area contributed by atoms with E-state index in [9.17, 15) is 14.4 Å². The smallest absolute Gasteiger partial charge is 0.271 e. The number of hydrazone groups is 1. The van der Waals surface area contributed by atoms with E-state index in [1.54, 1.807) is 49.1 Å². The van der Waals surface area contributed by atoms with Crippen LogP contribution in [0.2, 0.25) is 0 Å². The van der Waals surface area contributed by atoms with Gasteiger partial charge >= 0.3 is 0 Å². The maximum absolute atomic E-state index is 13.7. The zero-order valence-corrected chi connectivity index (χ0v) is 24.2. The van der Waals surface area contributed by atoms with Crippen molar-refractivity contribution in [2.24, 2.45) is 38.6 Å². The Hall–Kier alpha value is -3.62. The van der Waals surface area contributed by atoms with Gasteiger partial charge in [-0.2, -0.15) is 5.10 Å². The molecule has 0 radical (unpaired) electrons. The number of fused-ring (bicyclic) bond motifs is 3. The van der Waals surface area contributed by atoms with E-state index < -0.39 is 5.41 Å². The second-order valence-electron chi connectivity index (χ2n) is 13.6. The van der Waals surface area contributed by atoms with Crippen molar-refractivity contribution in [3.05, 3.63) is 60.2 Å². The molecule has 2 bridgehead atoms. The summed E-state index contributed by atoms with van der Waals surface area (Å²) in [5, 5.41) is 4.74. The quantitative estimate of drug-likeness (QED) is 0.466. The highest BCUT2D eigenvalue weighted by Crippen LogP contribution is 2.73. The summed E-state index contributed by atoms with van der Waals surface area (Å²) >= 11 is 0. The van der Waals surface area contributed by atoms with Gasteiger partial charge in [-0.15, -0.1) is 0 Å². The predicted octanol–water partition coefficient (Wildman–Crippen LogP) is 4.83. The molecule has 41 heavy (non-hydrogen) atoms. The lowest BCUT2D eigenvalue weighted by Gasteiger charge is -2.64. The Balaban J connectivity index is 1.19. The first-order chi connectivity index (χ1) is 19.6. The molecule has 1 spiro atoms. The van der Waals surface area contributed by atoms with Crippen molar-refractivity contribution in [1.29, 1.82) is 0 Å². The first-order valence-electron chi connectivity index (χ1n) is 14.9. The normalized spacial score (nSPS) is 36.5. The Kier molecular flexibility index (Phi) is 6.74. The number of rotatable bonds is 4. The minimum Gasteiger partial charge on any atom is -0.273 e. The van der Waals surface area contributed by atoms with Crippen LogP contribution < -0.4 is 16.3 Å². The Morgan fingerprint density at radius 1 is 0.805 bits per heavy atom. The fourth-order valence-corrected chi connectivity index (χ4v) is 9.49. The van der Waals surface area contributed by atoms with Crippen LogP contribution in [0.3, 0.4) is 0 Å². The lowest BCUT2D eigenvalue weighted by molar-refractivity contribution is -0.170. The van der Waals surface area contributed by atoms with Gasteiger partial charge in [0.25, 0.3) is 11.8 Å². The molecule has 3 N–H and O–H groups in total. The number of carbonyl (C=O) groups is 3. The summed E-state index contributed by atoms with van der Waals surface area (Å²) < 4.78 is 0. The van der Waals surface area contributed by atoms with Crippen molar-refractivity contribution in [2.45, 2.75) is 78.6 Å². The highest BCUT2D eigenvalue weighted by atomic mass is 16.2. The number of hydrogen-bond acceptors (Lipinski definition) is 6. The highest BCUT2D eigenvalue weighted by Gasteiger charge is 2.67. The summed E-state index contributed by atoms with van der Waals surface area (Å²) in [6.45, 7) is 6.84. The zero-order valence-electron chi connectivity index (χ0n) is 24.2. The molecule has 0 aliphatic heterocycles. The molecule has 2 heterocycles. The maximum atomic E-state index is 13.7. The van der Waals surface area contributed by atoms with Crippen molar-refractivity contribution in [2.75, 3.05) is 0 Å². The van der Waals surface area contributed by atoms with Crippen molar-refractivity contribution < 1.29 is 14.4 Å². The molecular weight excluding hydrogens is 516 g/mol. The maximum Gasteiger partial charge on any atom is 0.271 e. The largest absolute Gasteiger partial charge is 0.273 e. The van der Waals surface area contributed by atoms with Crippen molar-refractivity contribution in [1.82, 2.24) is 26.2 Å². The number of pyridine rings is 2. The van der Waals surface area contributed by atoms with Gasteiger partial charge in [0.15, 0.2) is 0 Å². The average Bonchev–Trinajstić information content (AvgIpc) is 3.18. The number of nitrogens with zero attached hydrogens (tertiary/aromatic N) is 3. The molecule has 2 aromatic rings. The Morgan fingerprint density at radius 3 is 2.12 bits per heavy atom. The van der Waals surface area contributed by atoms with Gasteiger partial charge < -0.3 is 0 Å². The number of aromatic nitrogens is 2. The molecule has 2 unspecified atom stereocenters. The van der Waals surface area contributed by atoms with Crippen LogP contribution in [0.15, 0.2) is 54.2 Å². The third kappa shape index (κ3) is 4.53. The lowest BCUT2D eigenvalue weighted by atomic mass is 9.40. The van der Waals surface area contributed by atoms with Crippen LogP contribution in [0, 0.1) is 33.5 Å². The summed E-state index contributed by atoms with van der Waals surface area (Å²) in [6, 6.07) is 6.65. The van der Waals surface area contributed by atoms with Crippen molar-refractivity contribution >= 4 is 23.4 Å². The van der Waals surface area contributed by atoms with Gasteiger partial charge in [-0.1, -0.05) is 27.2 Å². The molecule has 4 saturated carbocycles. The van der Waals surface area contributed by atoms with E-state index in [0.29, 0.717) is 17.0 Å². The third-order valence-electron chi connectivity index (χ3n) is 11.4. The molecule has 4 fully saturated rings. The molecule has 9 nitrogen and oxygen atoms in total. The van der Waals surface area contributed by atoms with Gasteiger partial charge in [0.1, 0.15) is 0 Å². The van der Waals surface area contributed by atoms with Gasteiger partial charge in [0.05, 0.1) is 5.41 Å². The van der Waals surface area contributed by atoms with Crippen LogP contribution in [-0.2, 0) is 4.79 Å². The molecule has 216 valence electrons. The topological polar surface area (TPSA) is 125 Å². The second kappa shape index (κ2) is 10.0. The van der Waals surface area contributed by atoms with Crippen molar-refractivity contribution in [3.63, 3.8) is 0 Å². The van der Waals surface area contributed by atoms with Crippen LogP contribution in [0.25, 0.3) is 0 Å². The molecular formula is C32H40N6O3. The summed E-state index contributed by atoms with van der Waals surface area (Å²) in [6.07, 6.45) is 15.4. The Bertz CT molecular complexity index is 1380. The summed E-state index contributed by atoms with van der Waals surface area (Å²) in [7, 11) is 0. The van der Waals surface area contributed by atoms with Gasteiger partial charge in [-0.05, 0) is 98.3 Å². The molecule has 4 aliphatic rings. The van der Waals surface area contributed by atoms with Crippen LogP contribution in [0.1, 0.15) is 99.3 Å². The number of nitrogens with one attached hydrogen (secondary N) is 3. The van der Waals surface area contributed by atoms with Crippen LogP contribution in [0.4, 0.5) is 0 Å². The minimum atomic E-state index is -0.561. The van der Waals surface area contributed by atoms with Crippen LogP contribution >= 0.6 is 0 Å². The standard InChI is InChI=1S/C32H40N6O3/c1-29-13-5-24-30(2)11-4-12-31(3,28(41)38-37-27(40)22-9-17-34-18-10-22)23(30)6-14-32(24,20-29)19-25(29)35-36-26(39)21-7-15-33-16-8-21/h7-10,15-18,23-24H,4-6,11-14,19-20H2,1-3H3,(H,36,39)(H,37,40)(H,38,41)/t23?,24?,29-,30+,31+,32-/m0/s1. The molecule has 9 heteroatoms. The molecule has 4 aliphatic carbocycles. The second-order valence-corrected chi connectivity index (χ2v) is 13.6. The minimum absolute atomic E-state index is 0.0161. The molecule has 2 aromatic heterocycles. The van der Waals surface area contributed by atoms with E-state index in [4.69, 9.17) is 5.10 Å². The summed E-state index contributed by atoms with van der Waals surface area (Å²) in [5.74, 6) is 0.0729. The van der Waals surface area contributed by atoms with Crippen molar-refractivity contribution in [3.8, 4) is 0 Å². The van der Waals surface area contributed by atoms with E-state index in [1.165, 1.54) is 0 Å². The van der Waals surface area contributed by atoms with E-state index in [-0.39, 0.29) is 39.9 Å². The Labute approximate surface area is 241 Å². The highest BCUT2D eigenvalue weighted by molar-refractivity contribution is 5.98. The van der Waals surface area contributed by atoms with E-state index in [0.717, 1.165) is 63.5 Å². The molecule has 0 saturated heterocycles. The van der Waals surface area contributed by atoms with E-state index in [2.05, 4.69) is 47.0 Å². The average molecular weight is 557 g/mol. The molecule has 6 rings (SSSR count). The van der Waals surface area contributed by atoms with E-state index >= 15 is 0 Å². The van der Waals surface area contributed by atoms with Gasteiger partial charge in [0.2, 0.25) is 5.91 Å². The fraction of sp³-hybridized carbons (Fsp3) is 0.562. The molecule has 3 amide bonds. The fourth-order valence-electron chi connectivity index (χ4n) is 9.49. The predicted molar refractivity (Wildman–Crippen MR) is 154 cm³/mol. The van der Waals surface area contributed by atoms with Gasteiger partial charge in [-0.3, -0.25) is 35.2 Å². The third-order valence-corrected chi connectivity index (χ3v) is 11.4. The number of hydrazine groups is 1. The zero-order chi connectivity index (χ0) is 28.9. The van der Waals surface area contributed by atoms with E-state index in [1.807, 2.05) is 0 Å². The molecule has 0 aromatic carbocycles. The van der Waals surface area contributed by atoms with Gasteiger partial charge in [-0.25, -0.2) is 5.43 Å². The summed E-state index contributed by atoms with van der Waals surface area (Å²) in [4.78, 5) is 47.0. The SMILES string of the molecule is C[C@@]12CCC3[C@@](CCC4[C@@]3(C)CCC[C@@]4(C)C(=O)NNC(=O)c3ccncc3)(CC1=NNC(=O)c1ccncc1)C2. The lowest BCUT2D eigenvalue weighted by Crippen LogP contribution is -2.61. The van der Waals surface area contributed by atoms with Gasteiger partial charge in [0, 0.05) is 47.0 Å². The molecule has 6 atom stereocenters. The first kappa shape index (κ1) is 27.5.